The summed E-state index contributed by atoms with van der Waals surface area (Å²) in [7, 11) is 0. The number of rotatable bonds is 2. The van der Waals surface area contributed by atoms with E-state index in [1.54, 1.807) is 6.20 Å². The van der Waals surface area contributed by atoms with Gasteiger partial charge in [0.1, 0.15) is 17.7 Å². The van der Waals surface area contributed by atoms with Gasteiger partial charge < -0.3 is 9.80 Å². The molecule has 1 aliphatic heterocycles. The molecule has 4 rings (SSSR count). The van der Waals surface area contributed by atoms with Crippen molar-refractivity contribution in [1.29, 1.82) is 5.26 Å². The van der Waals surface area contributed by atoms with Gasteiger partial charge in [0.05, 0.1) is 11.3 Å². The lowest BCUT2D eigenvalue weighted by molar-refractivity contribution is 0.632. The second-order valence-electron chi connectivity index (χ2n) is 6.69. The lowest BCUT2D eigenvalue weighted by Gasteiger charge is -2.36. The highest BCUT2D eigenvalue weighted by molar-refractivity contribution is 5.57. The Morgan fingerprint density at radius 3 is 2.42 bits per heavy atom. The number of fused-ring (bicyclic) bond motifs is 1. The van der Waals surface area contributed by atoms with E-state index < -0.39 is 0 Å². The quantitative estimate of drug-likeness (QED) is 0.708. The van der Waals surface area contributed by atoms with Crippen LogP contribution in [-0.2, 0) is 0 Å². The smallest absolute Gasteiger partial charge is 0.160 e. The Kier molecular flexibility index (Phi) is 3.96. The molecule has 0 aromatic carbocycles. The number of piperazine rings is 1. The summed E-state index contributed by atoms with van der Waals surface area (Å²) in [6.45, 7) is 9.65. The minimum atomic E-state index is 0.589. The molecule has 3 aromatic heterocycles. The third-order valence-corrected chi connectivity index (χ3v) is 4.97. The number of hydrogen-bond donors (Lipinski definition) is 0. The number of anilines is 2. The number of aromatic nitrogens is 4. The fourth-order valence-electron chi connectivity index (χ4n) is 3.36. The highest BCUT2D eigenvalue weighted by Crippen LogP contribution is 2.23. The van der Waals surface area contributed by atoms with E-state index in [-0.39, 0.29) is 0 Å². The topological polar surface area (TPSA) is 73.3 Å². The zero-order valence-corrected chi connectivity index (χ0v) is 15.3. The molecular weight excluding hydrogens is 326 g/mol. The molecule has 7 nitrogen and oxygen atoms in total. The molecule has 4 heterocycles. The lowest BCUT2D eigenvalue weighted by Crippen LogP contribution is -2.47. The van der Waals surface area contributed by atoms with Crippen molar-refractivity contribution < 1.29 is 0 Å². The van der Waals surface area contributed by atoms with Gasteiger partial charge in [0.15, 0.2) is 5.65 Å². The molecule has 0 saturated carbocycles. The number of aryl methyl sites for hydroxylation is 3. The van der Waals surface area contributed by atoms with Crippen LogP contribution in [0.1, 0.15) is 22.5 Å². The van der Waals surface area contributed by atoms with Crippen molar-refractivity contribution >= 4 is 17.3 Å². The first-order valence-electron chi connectivity index (χ1n) is 8.76. The van der Waals surface area contributed by atoms with Gasteiger partial charge in [0.2, 0.25) is 0 Å². The second-order valence-corrected chi connectivity index (χ2v) is 6.69. The minimum Gasteiger partial charge on any atom is -0.353 e. The third kappa shape index (κ3) is 2.73. The molecule has 1 fully saturated rings. The summed E-state index contributed by atoms with van der Waals surface area (Å²) in [5, 5.41) is 13.6. The first-order chi connectivity index (χ1) is 12.6. The molecule has 0 unspecified atom stereocenters. The largest absolute Gasteiger partial charge is 0.353 e. The maximum absolute atomic E-state index is 8.91. The summed E-state index contributed by atoms with van der Waals surface area (Å²) in [6, 6.07) is 7.95. The van der Waals surface area contributed by atoms with Gasteiger partial charge in [-0.3, -0.25) is 0 Å². The van der Waals surface area contributed by atoms with Crippen molar-refractivity contribution in [3.63, 3.8) is 0 Å². The van der Waals surface area contributed by atoms with E-state index in [1.165, 1.54) is 0 Å². The van der Waals surface area contributed by atoms with E-state index in [1.807, 2.05) is 30.5 Å². The molecule has 0 bridgehead atoms. The molecule has 0 atom stereocenters. The van der Waals surface area contributed by atoms with Gasteiger partial charge >= 0.3 is 0 Å². The van der Waals surface area contributed by atoms with Crippen LogP contribution < -0.4 is 9.80 Å². The minimum absolute atomic E-state index is 0.589. The summed E-state index contributed by atoms with van der Waals surface area (Å²) in [5.41, 5.74) is 4.69. The van der Waals surface area contributed by atoms with E-state index in [0.29, 0.717) is 5.56 Å². The molecule has 3 aromatic rings. The summed E-state index contributed by atoms with van der Waals surface area (Å²) >= 11 is 0. The Labute approximate surface area is 152 Å². The first-order valence-corrected chi connectivity index (χ1v) is 8.76. The molecule has 1 saturated heterocycles. The Balaban J connectivity index is 1.57. The third-order valence-electron chi connectivity index (χ3n) is 4.97. The van der Waals surface area contributed by atoms with Crippen LogP contribution in [0.5, 0.6) is 0 Å². The molecule has 7 heteroatoms. The highest BCUT2D eigenvalue weighted by Gasteiger charge is 2.22. The van der Waals surface area contributed by atoms with Crippen LogP contribution in [0.15, 0.2) is 24.4 Å². The second kappa shape index (κ2) is 6.30. The van der Waals surface area contributed by atoms with Crippen molar-refractivity contribution in [3.05, 3.63) is 46.9 Å². The first kappa shape index (κ1) is 16.3. The molecule has 0 spiro atoms. The van der Waals surface area contributed by atoms with Crippen molar-refractivity contribution in [1.82, 2.24) is 19.6 Å². The van der Waals surface area contributed by atoms with Crippen molar-refractivity contribution in [2.75, 3.05) is 36.0 Å². The molecule has 0 N–H and O–H groups in total. The van der Waals surface area contributed by atoms with Crippen LogP contribution in [0.2, 0.25) is 0 Å². The van der Waals surface area contributed by atoms with E-state index in [2.05, 4.69) is 43.9 Å². The Morgan fingerprint density at radius 1 is 1.04 bits per heavy atom. The standard InChI is InChI=1S/C19H21N7/c1-13-10-18(26-19(22-13)14(2)15(3)23-26)25-8-6-24(7-9-25)17-5-4-16(11-20)12-21-17/h4-5,10,12H,6-9H2,1-3H3. The van der Waals surface area contributed by atoms with Crippen molar-refractivity contribution in [3.8, 4) is 6.07 Å². The van der Waals surface area contributed by atoms with Crippen LogP contribution in [0.4, 0.5) is 11.6 Å². The number of nitriles is 1. The van der Waals surface area contributed by atoms with Crippen LogP contribution in [0, 0.1) is 32.1 Å². The van der Waals surface area contributed by atoms with Crippen molar-refractivity contribution in [2.24, 2.45) is 0 Å². The van der Waals surface area contributed by atoms with Gasteiger partial charge in [-0.15, -0.1) is 0 Å². The summed E-state index contributed by atoms with van der Waals surface area (Å²) in [6.07, 6.45) is 1.63. The van der Waals surface area contributed by atoms with Gasteiger partial charge in [0, 0.05) is 49.7 Å². The predicted molar refractivity (Wildman–Crippen MR) is 101 cm³/mol. The van der Waals surface area contributed by atoms with Crippen molar-refractivity contribution in [2.45, 2.75) is 20.8 Å². The number of nitrogens with zero attached hydrogens (tertiary/aromatic N) is 7. The molecule has 0 amide bonds. The Hall–Kier alpha value is -3.14. The summed E-state index contributed by atoms with van der Waals surface area (Å²) in [5.74, 6) is 2.02. The number of pyridine rings is 1. The average molecular weight is 347 g/mol. The summed E-state index contributed by atoms with van der Waals surface area (Å²) < 4.78 is 1.97. The molecule has 26 heavy (non-hydrogen) atoms. The normalized spacial score (nSPS) is 14.7. The zero-order chi connectivity index (χ0) is 18.3. The van der Waals surface area contributed by atoms with Gasteiger partial charge in [0.25, 0.3) is 0 Å². The molecular formula is C19H21N7. The lowest BCUT2D eigenvalue weighted by atomic mass is 10.2. The highest BCUT2D eigenvalue weighted by atomic mass is 15.4. The van der Waals surface area contributed by atoms with E-state index in [0.717, 1.165) is 60.4 Å². The monoisotopic (exact) mass is 347 g/mol. The number of hydrogen-bond acceptors (Lipinski definition) is 6. The van der Waals surface area contributed by atoms with Crippen LogP contribution in [0.25, 0.3) is 5.65 Å². The molecule has 1 aliphatic rings. The molecule has 0 aliphatic carbocycles. The van der Waals surface area contributed by atoms with Crippen LogP contribution >= 0.6 is 0 Å². The van der Waals surface area contributed by atoms with E-state index >= 15 is 0 Å². The fraction of sp³-hybridized carbons (Fsp3) is 0.368. The Morgan fingerprint density at radius 2 is 1.77 bits per heavy atom. The zero-order valence-electron chi connectivity index (χ0n) is 15.3. The Bertz CT molecular complexity index is 989. The summed E-state index contributed by atoms with van der Waals surface area (Å²) in [4.78, 5) is 13.7. The van der Waals surface area contributed by atoms with Gasteiger partial charge in [-0.2, -0.15) is 14.9 Å². The molecule has 0 radical (unpaired) electrons. The maximum Gasteiger partial charge on any atom is 0.160 e. The van der Waals surface area contributed by atoms with E-state index in [4.69, 9.17) is 5.26 Å². The SMILES string of the molecule is Cc1cc(N2CCN(c3ccc(C#N)cn3)CC2)n2nc(C)c(C)c2n1. The van der Waals surface area contributed by atoms with Gasteiger partial charge in [-0.05, 0) is 32.9 Å². The van der Waals surface area contributed by atoms with Gasteiger partial charge in [-0.25, -0.2) is 9.97 Å². The van der Waals surface area contributed by atoms with E-state index in [9.17, 15) is 0 Å². The molecule has 132 valence electrons. The van der Waals surface area contributed by atoms with Crippen LogP contribution in [-0.4, -0.2) is 45.8 Å². The fourth-order valence-corrected chi connectivity index (χ4v) is 3.36. The maximum atomic E-state index is 8.91. The average Bonchev–Trinajstić information content (AvgIpc) is 2.96. The predicted octanol–water partition coefficient (Wildman–Crippen LogP) is 2.25. The van der Waals surface area contributed by atoms with Gasteiger partial charge in [-0.1, -0.05) is 0 Å². The van der Waals surface area contributed by atoms with Crippen LogP contribution in [0.3, 0.4) is 0 Å².